The Morgan fingerprint density at radius 2 is 1.66 bits per heavy atom. The second-order valence-corrected chi connectivity index (χ2v) is 8.93. The van der Waals surface area contributed by atoms with Gasteiger partial charge in [0.25, 0.3) is 5.91 Å². The van der Waals surface area contributed by atoms with Crippen LogP contribution in [-0.4, -0.2) is 24.3 Å². The first kappa shape index (κ1) is 24.7. The van der Waals surface area contributed by atoms with Gasteiger partial charge in [-0.2, -0.15) is 0 Å². The molecule has 8 heteroatoms. The maximum Gasteiger partial charge on any atom is 0.264 e. The van der Waals surface area contributed by atoms with Gasteiger partial charge in [-0.3, -0.25) is 4.79 Å². The number of nitrogens with zero attached hydrogens (tertiary/aromatic N) is 1. The number of ether oxygens (including phenoxy) is 3. The molecule has 1 aliphatic heterocycles. The summed E-state index contributed by atoms with van der Waals surface area (Å²) in [6, 6.07) is 20.5. The minimum absolute atomic E-state index is 0.194. The van der Waals surface area contributed by atoms with E-state index >= 15 is 0 Å². The van der Waals surface area contributed by atoms with Crippen LogP contribution < -0.4 is 19.5 Å². The molecule has 0 unspecified atom stereocenters. The van der Waals surface area contributed by atoms with Crippen LogP contribution >= 0.6 is 23.4 Å². The van der Waals surface area contributed by atoms with E-state index in [9.17, 15) is 4.79 Å². The van der Waals surface area contributed by atoms with Crippen molar-refractivity contribution in [1.29, 1.82) is 0 Å². The van der Waals surface area contributed by atoms with Crippen molar-refractivity contribution in [3.63, 3.8) is 0 Å². The molecule has 35 heavy (non-hydrogen) atoms. The average Bonchev–Trinajstić information content (AvgIpc) is 3.19. The fraction of sp³-hybridized carbons (Fsp3) is 0.185. The number of hydrogen-bond acceptors (Lipinski definition) is 6. The molecule has 0 aromatic heterocycles. The first-order valence-electron chi connectivity index (χ1n) is 11.2. The van der Waals surface area contributed by atoms with E-state index in [-0.39, 0.29) is 5.91 Å². The molecule has 1 heterocycles. The van der Waals surface area contributed by atoms with E-state index in [2.05, 4.69) is 10.3 Å². The third-order valence-corrected chi connectivity index (χ3v) is 6.06. The molecule has 0 spiro atoms. The molecule has 1 aliphatic rings. The summed E-state index contributed by atoms with van der Waals surface area (Å²) in [5.41, 5.74) is 2.56. The number of thioether (sulfide) groups is 1. The van der Waals surface area contributed by atoms with E-state index in [0.29, 0.717) is 46.4 Å². The third-order valence-electron chi connectivity index (χ3n) is 4.90. The molecule has 0 atom stereocenters. The second-order valence-electron chi connectivity index (χ2n) is 7.46. The van der Waals surface area contributed by atoms with Crippen LogP contribution in [0, 0.1) is 0 Å². The number of rotatable bonds is 9. The van der Waals surface area contributed by atoms with Crippen molar-refractivity contribution < 1.29 is 19.0 Å². The van der Waals surface area contributed by atoms with Gasteiger partial charge in [-0.15, -0.1) is 0 Å². The van der Waals surface area contributed by atoms with E-state index in [1.54, 1.807) is 0 Å². The van der Waals surface area contributed by atoms with Crippen molar-refractivity contribution in [2.45, 2.75) is 20.5 Å². The van der Waals surface area contributed by atoms with E-state index in [0.717, 1.165) is 22.6 Å². The van der Waals surface area contributed by atoms with Crippen molar-refractivity contribution >= 4 is 46.2 Å². The lowest BCUT2D eigenvalue weighted by atomic mass is 10.2. The molecule has 6 nitrogen and oxygen atoms in total. The summed E-state index contributed by atoms with van der Waals surface area (Å²) < 4.78 is 17.2. The number of carbonyl (C=O) groups is 1. The summed E-state index contributed by atoms with van der Waals surface area (Å²) >= 11 is 7.24. The fourth-order valence-electron chi connectivity index (χ4n) is 3.28. The van der Waals surface area contributed by atoms with Gasteiger partial charge in [-0.05, 0) is 91.3 Å². The zero-order chi connectivity index (χ0) is 24.6. The Morgan fingerprint density at radius 3 is 2.37 bits per heavy atom. The quantitative estimate of drug-likeness (QED) is 0.329. The highest BCUT2D eigenvalue weighted by molar-refractivity contribution is 8.18. The number of aliphatic imine (C=N–C) groups is 1. The predicted octanol–water partition coefficient (Wildman–Crippen LogP) is 6.61. The van der Waals surface area contributed by atoms with E-state index in [4.69, 9.17) is 25.8 Å². The minimum atomic E-state index is -0.194. The SMILES string of the molecule is CCOc1ccc(N=C2NC(=O)/C(=C\c3ccc(OCc4ccc(Cl)cc4)c(OCC)c3)S2)cc1. The standard InChI is InChI=1S/C27H25ClN2O4S/c1-3-32-22-12-10-21(11-13-22)29-27-30-26(31)25(35-27)16-19-7-14-23(24(15-19)33-4-2)34-17-18-5-8-20(28)9-6-18/h5-16H,3-4,17H2,1-2H3,(H,29,30,31)/b25-16+. The van der Waals surface area contributed by atoms with Crippen molar-refractivity contribution in [3.8, 4) is 17.2 Å². The van der Waals surface area contributed by atoms with Gasteiger partial charge in [0.2, 0.25) is 0 Å². The van der Waals surface area contributed by atoms with Crippen molar-refractivity contribution in [2.75, 3.05) is 13.2 Å². The molecule has 3 aromatic rings. The zero-order valence-corrected chi connectivity index (χ0v) is 21.0. The van der Waals surface area contributed by atoms with E-state index in [1.165, 1.54) is 11.8 Å². The summed E-state index contributed by atoms with van der Waals surface area (Å²) in [5, 5.41) is 4.02. The highest BCUT2D eigenvalue weighted by Gasteiger charge is 2.24. The maximum absolute atomic E-state index is 12.5. The lowest BCUT2D eigenvalue weighted by molar-refractivity contribution is -0.115. The van der Waals surface area contributed by atoms with Gasteiger partial charge in [-0.25, -0.2) is 4.99 Å². The Kier molecular flexibility index (Phi) is 8.34. The summed E-state index contributed by atoms with van der Waals surface area (Å²) in [5.74, 6) is 1.83. The van der Waals surface area contributed by atoms with Gasteiger partial charge in [0, 0.05) is 5.02 Å². The Morgan fingerprint density at radius 1 is 0.914 bits per heavy atom. The van der Waals surface area contributed by atoms with Gasteiger partial charge < -0.3 is 19.5 Å². The number of carbonyl (C=O) groups excluding carboxylic acids is 1. The van der Waals surface area contributed by atoms with E-state index < -0.39 is 0 Å². The fourth-order valence-corrected chi connectivity index (χ4v) is 4.24. The van der Waals surface area contributed by atoms with Crippen LogP contribution in [0.5, 0.6) is 17.2 Å². The number of amides is 1. The van der Waals surface area contributed by atoms with Gasteiger partial charge >= 0.3 is 0 Å². The highest BCUT2D eigenvalue weighted by atomic mass is 35.5. The monoisotopic (exact) mass is 508 g/mol. The average molecular weight is 509 g/mol. The predicted molar refractivity (Wildman–Crippen MR) is 142 cm³/mol. The molecule has 180 valence electrons. The molecule has 3 aromatic carbocycles. The van der Waals surface area contributed by atoms with Crippen molar-refractivity contribution in [3.05, 3.63) is 87.8 Å². The first-order chi connectivity index (χ1) is 17.0. The lowest BCUT2D eigenvalue weighted by Gasteiger charge is -2.13. The van der Waals surface area contributed by atoms with Crippen molar-refractivity contribution in [2.24, 2.45) is 4.99 Å². The Bertz CT molecular complexity index is 1240. The molecule has 1 amide bonds. The second kappa shape index (κ2) is 11.8. The largest absolute Gasteiger partial charge is 0.494 e. The van der Waals surface area contributed by atoms with Crippen molar-refractivity contribution in [1.82, 2.24) is 5.32 Å². The molecule has 1 saturated heterocycles. The summed E-state index contributed by atoms with van der Waals surface area (Å²) in [7, 11) is 0. The van der Waals surface area contributed by atoms with Gasteiger partial charge in [-0.1, -0.05) is 29.8 Å². The van der Waals surface area contributed by atoms with Crippen LogP contribution in [0.25, 0.3) is 6.08 Å². The number of halogens is 1. The Balaban J connectivity index is 1.47. The maximum atomic E-state index is 12.5. The van der Waals surface area contributed by atoms with Gasteiger partial charge in [0.1, 0.15) is 12.4 Å². The highest BCUT2D eigenvalue weighted by Crippen LogP contribution is 2.33. The normalized spacial score (nSPS) is 15.3. The molecular weight excluding hydrogens is 484 g/mol. The first-order valence-corrected chi connectivity index (χ1v) is 12.4. The molecule has 1 fully saturated rings. The smallest absolute Gasteiger partial charge is 0.264 e. The lowest BCUT2D eigenvalue weighted by Crippen LogP contribution is -2.19. The molecule has 0 radical (unpaired) electrons. The number of nitrogens with one attached hydrogen (secondary N) is 1. The Hall–Kier alpha value is -3.42. The number of benzene rings is 3. The zero-order valence-electron chi connectivity index (χ0n) is 19.4. The van der Waals surface area contributed by atoms with E-state index in [1.807, 2.05) is 86.7 Å². The summed E-state index contributed by atoms with van der Waals surface area (Å²) in [6.07, 6.45) is 1.81. The number of amidine groups is 1. The molecular formula is C27H25ClN2O4S. The molecule has 0 saturated carbocycles. The Labute approximate surface area is 214 Å². The molecule has 1 N–H and O–H groups in total. The van der Waals surface area contributed by atoms with Crippen LogP contribution in [0.4, 0.5) is 5.69 Å². The van der Waals surface area contributed by atoms with Crippen LogP contribution in [0.3, 0.4) is 0 Å². The topological polar surface area (TPSA) is 69.2 Å². The third kappa shape index (κ3) is 6.81. The molecule has 0 aliphatic carbocycles. The molecule has 4 rings (SSSR count). The van der Waals surface area contributed by atoms with Crippen LogP contribution in [0.1, 0.15) is 25.0 Å². The van der Waals surface area contributed by atoms with Crippen LogP contribution in [-0.2, 0) is 11.4 Å². The van der Waals surface area contributed by atoms with Gasteiger partial charge in [0.05, 0.1) is 23.8 Å². The summed E-state index contributed by atoms with van der Waals surface area (Å²) in [4.78, 5) is 17.6. The van der Waals surface area contributed by atoms with Crippen LogP contribution in [0.15, 0.2) is 76.6 Å². The van der Waals surface area contributed by atoms with Gasteiger partial charge in [0.15, 0.2) is 16.7 Å². The molecule has 0 bridgehead atoms. The minimum Gasteiger partial charge on any atom is -0.494 e. The number of hydrogen-bond donors (Lipinski definition) is 1. The summed E-state index contributed by atoms with van der Waals surface area (Å²) in [6.45, 7) is 5.34. The van der Waals surface area contributed by atoms with Crippen LogP contribution in [0.2, 0.25) is 5.02 Å².